The van der Waals surface area contributed by atoms with Gasteiger partial charge >= 0.3 is 0 Å². The second-order valence-corrected chi connectivity index (χ2v) is 7.72. The Hall–Kier alpha value is -2.14. The minimum absolute atomic E-state index is 0.209. The van der Waals surface area contributed by atoms with Gasteiger partial charge < -0.3 is 4.57 Å². The largest absolute Gasteiger partial charge is 0.303 e. The van der Waals surface area contributed by atoms with Gasteiger partial charge in [0.05, 0.1) is 5.75 Å². The van der Waals surface area contributed by atoms with Gasteiger partial charge in [0, 0.05) is 18.5 Å². The third-order valence-electron chi connectivity index (χ3n) is 4.50. The average Bonchev–Trinajstić information content (AvgIpc) is 3.29. The normalized spacial score (nSPS) is 13.5. The van der Waals surface area contributed by atoms with Crippen molar-refractivity contribution in [3.8, 4) is 0 Å². The SMILES string of the molecule is CCn1c(SCC(=O)Cc2ccc(C(C)C)cc2)nnc1C1=CC=CC1. The van der Waals surface area contributed by atoms with Crippen molar-refractivity contribution in [3.05, 3.63) is 59.4 Å². The van der Waals surface area contributed by atoms with Gasteiger partial charge in [0.15, 0.2) is 11.0 Å². The first kappa shape index (κ1) is 18.6. The van der Waals surface area contributed by atoms with E-state index in [4.69, 9.17) is 0 Å². The molecule has 0 fully saturated rings. The Labute approximate surface area is 159 Å². The highest BCUT2D eigenvalue weighted by Gasteiger charge is 2.16. The van der Waals surface area contributed by atoms with Crippen LogP contribution in [-0.2, 0) is 17.8 Å². The molecule has 0 N–H and O–H groups in total. The molecular weight excluding hydrogens is 342 g/mol. The molecule has 0 spiro atoms. The fourth-order valence-electron chi connectivity index (χ4n) is 2.98. The predicted molar refractivity (Wildman–Crippen MR) is 107 cm³/mol. The molecule has 1 aromatic heterocycles. The van der Waals surface area contributed by atoms with Gasteiger partial charge in [0.1, 0.15) is 5.78 Å². The summed E-state index contributed by atoms with van der Waals surface area (Å²) in [7, 11) is 0. The Balaban J connectivity index is 1.59. The molecule has 0 bridgehead atoms. The Bertz CT molecular complexity index is 831. The van der Waals surface area contributed by atoms with Gasteiger partial charge in [0.25, 0.3) is 0 Å². The lowest BCUT2D eigenvalue weighted by Crippen LogP contribution is -2.08. The standard InChI is InChI=1S/C21H25N3OS/c1-4-24-20(18-7-5-6-8-18)22-23-21(24)26-14-19(25)13-16-9-11-17(12-10-16)15(2)3/h5-7,9-12,15H,4,8,13-14H2,1-3H3. The van der Waals surface area contributed by atoms with E-state index < -0.39 is 0 Å². The number of rotatable bonds is 8. The van der Waals surface area contributed by atoms with E-state index in [1.165, 1.54) is 22.9 Å². The van der Waals surface area contributed by atoms with Gasteiger partial charge in [0.2, 0.25) is 0 Å². The number of Topliss-reactive ketones (excluding diaryl/α,β-unsaturated/α-hetero) is 1. The summed E-state index contributed by atoms with van der Waals surface area (Å²) in [6.45, 7) is 7.23. The summed E-state index contributed by atoms with van der Waals surface area (Å²) < 4.78 is 2.09. The third-order valence-corrected chi connectivity index (χ3v) is 5.53. The van der Waals surface area contributed by atoms with Crippen molar-refractivity contribution in [1.82, 2.24) is 14.8 Å². The minimum atomic E-state index is 0.209. The molecule has 1 heterocycles. The topological polar surface area (TPSA) is 47.8 Å². The Kier molecular flexibility index (Phi) is 6.09. The van der Waals surface area contributed by atoms with Gasteiger partial charge in [-0.2, -0.15) is 0 Å². The van der Waals surface area contributed by atoms with Crippen LogP contribution in [0, 0.1) is 0 Å². The zero-order valence-electron chi connectivity index (χ0n) is 15.6. The monoisotopic (exact) mass is 367 g/mol. The van der Waals surface area contributed by atoms with Crippen LogP contribution in [0.5, 0.6) is 0 Å². The molecule has 0 saturated carbocycles. The van der Waals surface area contributed by atoms with Crippen molar-refractivity contribution >= 4 is 23.1 Å². The van der Waals surface area contributed by atoms with Crippen LogP contribution >= 0.6 is 11.8 Å². The van der Waals surface area contributed by atoms with Crippen LogP contribution in [0.1, 0.15) is 50.1 Å². The molecule has 26 heavy (non-hydrogen) atoms. The highest BCUT2D eigenvalue weighted by atomic mass is 32.2. The first-order valence-electron chi connectivity index (χ1n) is 9.11. The molecule has 0 radical (unpaired) electrons. The molecule has 1 aliphatic rings. The molecule has 1 aliphatic carbocycles. The lowest BCUT2D eigenvalue weighted by atomic mass is 10.0. The van der Waals surface area contributed by atoms with Crippen molar-refractivity contribution < 1.29 is 4.79 Å². The number of nitrogens with zero attached hydrogens (tertiary/aromatic N) is 3. The quantitative estimate of drug-likeness (QED) is 0.636. The summed E-state index contributed by atoms with van der Waals surface area (Å²) in [6.07, 6.45) is 7.61. The van der Waals surface area contributed by atoms with E-state index in [0.717, 1.165) is 29.5 Å². The van der Waals surface area contributed by atoms with Crippen molar-refractivity contribution in [2.75, 3.05) is 5.75 Å². The summed E-state index contributed by atoms with van der Waals surface area (Å²) >= 11 is 1.48. The van der Waals surface area contributed by atoms with E-state index in [9.17, 15) is 4.79 Å². The zero-order valence-corrected chi connectivity index (χ0v) is 16.4. The second kappa shape index (κ2) is 8.49. The Morgan fingerprint density at radius 1 is 1.23 bits per heavy atom. The van der Waals surface area contributed by atoms with Crippen molar-refractivity contribution in [1.29, 1.82) is 0 Å². The van der Waals surface area contributed by atoms with Crippen molar-refractivity contribution in [2.24, 2.45) is 0 Å². The molecular formula is C21H25N3OS. The van der Waals surface area contributed by atoms with Crippen molar-refractivity contribution in [2.45, 2.75) is 51.2 Å². The van der Waals surface area contributed by atoms with Gasteiger partial charge in [-0.25, -0.2) is 0 Å². The first-order valence-corrected chi connectivity index (χ1v) is 10.1. The molecule has 3 rings (SSSR count). The molecule has 0 saturated heterocycles. The van der Waals surface area contributed by atoms with E-state index in [2.05, 4.69) is 72.0 Å². The summed E-state index contributed by atoms with van der Waals surface area (Å²) in [5, 5.41) is 9.44. The van der Waals surface area contributed by atoms with Crippen LogP contribution in [-0.4, -0.2) is 26.3 Å². The van der Waals surface area contributed by atoms with Gasteiger partial charge in [-0.3, -0.25) is 4.79 Å². The Morgan fingerprint density at radius 3 is 2.62 bits per heavy atom. The van der Waals surface area contributed by atoms with Crippen LogP contribution in [0.3, 0.4) is 0 Å². The van der Waals surface area contributed by atoms with E-state index >= 15 is 0 Å². The highest BCUT2D eigenvalue weighted by Crippen LogP contribution is 2.26. The molecule has 0 unspecified atom stereocenters. The number of benzene rings is 1. The third kappa shape index (κ3) is 4.33. The van der Waals surface area contributed by atoms with Gasteiger partial charge in [-0.1, -0.05) is 68.1 Å². The number of carbonyl (C=O) groups excluding carboxylic acids is 1. The molecule has 5 heteroatoms. The van der Waals surface area contributed by atoms with E-state index in [-0.39, 0.29) is 5.78 Å². The van der Waals surface area contributed by atoms with E-state index in [0.29, 0.717) is 18.1 Å². The maximum absolute atomic E-state index is 12.4. The number of aromatic nitrogens is 3. The minimum Gasteiger partial charge on any atom is -0.303 e. The van der Waals surface area contributed by atoms with Crippen molar-refractivity contribution in [3.63, 3.8) is 0 Å². The lowest BCUT2D eigenvalue weighted by Gasteiger charge is -2.08. The van der Waals surface area contributed by atoms with Crippen LogP contribution in [0.25, 0.3) is 5.57 Å². The fraction of sp³-hybridized carbons (Fsp3) is 0.381. The lowest BCUT2D eigenvalue weighted by molar-refractivity contribution is -0.116. The molecule has 0 aliphatic heterocycles. The number of thioether (sulfide) groups is 1. The average molecular weight is 368 g/mol. The molecule has 0 amide bonds. The summed E-state index contributed by atoms with van der Waals surface area (Å²) in [6, 6.07) is 8.35. The zero-order chi connectivity index (χ0) is 18.5. The maximum atomic E-state index is 12.4. The van der Waals surface area contributed by atoms with Crippen LogP contribution in [0.15, 0.2) is 47.6 Å². The Morgan fingerprint density at radius 2 is 2.00 bits per heavy atom. The fourth-order valence-corrected chi connectivity index (χ4v) is 3.84. The van der Waals surface area contributed by atoms with Crippen LogP contribution in [0.2, 0.25) is 0 Å². The second-order valence-electron chi connectivity index (χ2n) is 6.78. The van der Waals surface area contributed by atoms with Gasteiger partial charge in [-0.15, -0.1) is 10.2 Å². The maximum Gasteiger partial charge on any atom is 0.191 e. The smallest absolute Gasteiger partial charge is 0.191 e. The first-order chi connectivity index (χ1) is 12.6. The molecule has 136 valence electrons. The molecule has 4 nitrogen and oxygen atoms in total. The molecule has 1 aromatic carbocycles. The summed E-state index contributed by atoms with van der Waals surface area (Å²) in [5.74, 6) is 2.05. The summed E-state index contributed by atoms with van der Waals surface area (Å²) in [5.41, 5.74) is 3.55. The molecule has 2 aromatic rings. The van der Waals surface area contributed by atoms with E-state index in [1.54, 1.807) is 0 Å². The number of hydrogen-bond donors (Lipinski definition) is 0. The number of allylic oxidation sites excluding steroid dienone is 4. The highest BCUT2D eigenvalue weighted by molar-refractivity contribution is 7.99. The van der Waals surface area contributed by atoms with Crippen LogP contribution < -0.4 is 0 Å². The van der Waals surface area contributed by atoms with Gasteiger partial charge in [-0.05, 0) is 30.4 Å². The van der Waals surface area contributed by atoms with Crippen LogP contribution in [0.4, 0.5) is 0 Å². The predicted octanol–water partition coefficient (Wildman–Crippen LogP) is 4.67. The number of carbonyl (C=O) groups is 1. The number of ketones is 1. The molecule has 0 atom stereocenters. The summed E-state index contributed by atoms with van der Waals surface area (Å²) in [4.78, 5) is 12.4. The number of hydrogen-bond acceptors (Lipinski definition) is 4. The van der Waals surface area contributed by atoms with E-state index in [1.807, 2.05) is 6.08 Å².